The van der Waals surface area contributed by atoms with Crippen molar-refractivity contribution in [1.29, 1.82) is 0 Å². The maximum atomic E-state index is 11.9. The second-order valence-corrected chi connectivity index (χ2v) is 6.40. The number of carbonyl (C=O) groups excluding carboxylic acids is 2. The van der Waals surface area contributed by atoms with E-state index in [0.29, 0.717) is 26.7 Å². The number of hydrogen-bond acceptors (Lipinski definition) is 5. The summed E-state index contributed by atoms with van der Waals surface area (Å²) in [5.41, 5.74) is 0.810. The van der Waals surface area contributed by atoms with Gasteiger partial charge in [-0.1, -0.05) is 23.7 Å². The third kappa shape index (κ3) is 2.77. The summed E-state index contributed by atoms with van der Waals surface area (Å²) in [5.74, 6) is 0.470. The molecule has 0 saturated heterocycles. The van der Waals surface area contributed by atoms with E-state index in [4.69, 9.17) is 11.6 Å². The third-order valence-corrected chi connectivity index (χ3v) is 4.60. The molecule has 6 nitrogen and oxygen atoms in total. The van der Waals surface area contributed by atoms with Gasteiger partial charge in [0.1, 0.15) is 15.9 Å². The molecule has 0 saturated carbocycles. The number of halogens is 1. The predicted octanol–water partition coefficient (Wildman–Crippen LogP) is 3.33. The van der Waals surface area contributed by atoms with Crippen LogP contribution in [-0.4, -0.2) is 26.4 Å². The quantitative estimate of drug-likeness (QED) is 0.792. The molecule has 1 aromatic heterocycles. The van der Waals surface area contributed by atoms with E-state index in [-0.39, 0.29) is 11.8 Å². The molecule has 118 valence electrons. The first-order valence-corrected chi connectivity index (χ1v) is 8.01. The Morgan fingerprint density at radius 3 is 2.35 bits per heavy atom. The number of anilines is 1. The topological polar surface area (TPSA) is 67.6 Å². The number of benzene rings is 1. The largest absolute Gasteiger partial charge is 0.274 e. The summed E-state index contributed by atoms with van der Waals surface area (Å²) < 4.78 is 1.49. The van der Waals surface area contributed by atoms with Gasteiger partial charge in [0.2, 0.25) is 11.8 Å². The van der Waals surface area contributed by atoms with Gasteiger partial charge in [-0.25, -0.2) is 4.98 Å². The highest BCUT2D eigenvalue weighted by atomic mass is 35.5. The molecule has 0 N–H and O–H groups in total. The minimum Gasteiger partial charge on any atom is -0.274 e. The van der Waals surface area contributed by atoms with Gasteiger partial charge >= 0.3 is 0 Å². The molecule has 0 unspecified atom stereocenters. The van der Waals surface area contributed by atoms with Crippen LogP contribution in [0, 0.1) is 6.92 Å². The van der Waals surface area contributed by atoms with Gasteiger partial charge in [0.15, 0.2) is 5.82 Å². The van der Waals surface area contributed by atoms with Gasteiger partial charge in [-0.15, -0.1) is 0 Å². The van der Waals surface area contributed by atoms with Gasteiger partial charge in [-0.05, 0) is 30.8 Å². The highest BCUT2D eigenvalue weighted by Crippen LogP contribution is 2.38. The fourth-order valence-corrected chi connectivity index (χ4v) is 3.54. The Hall–Kier alpha value is -2.12. The standard InChI is InChI=1S/C15H13ClN4O2S/c1-8-17-13-15(19(8)9(2)21)23-14(18-20(13)10(3)22)11-4-6-12(16)7-5-11/h4-7H,1-3H3. The Balaban J connectivity index is 2.14. The van der Waals surface area contributed by atoms with Gasteiger partial charge in [0.25, 0.3) is 0 Å². The normalized spacial score (nSPS) is 13.6. The van der Waals surface area contributed by atoms with Crippen LogP contribution < -0.4 is 5.01 Å². The highest BCUT2D eigenvalue weighted by Gasteiger charge is 2.31. The van der Waals surface area contributed by atoms with Crippen LogP contribution >= 0.6 is 23.4 Å². The number of aromatic nitrogens is 2. The van der Waals surface area contributed by atoms with Crippen LogP contribution in [-0.2, 0) is 4.79 Å². The molecule has 3 rings (SSSR count). The summed E-state index contributed by atoms with van der Waals surface area (Å²) in [4.78, 5) is 28.2. The summed E-state index contributed by atoms with van der Waals surface area (Å²) in [6.45, 7) is 4.59. The Kier molecular flexibility index (Phi) is 3.99. The predicted molar refractivity (Wildman–Crippen MR) is 90.3 cm³/mol. The Bertz CT molecular complexity index is 842. The third-order valence-electron chi connectivity index (χ3n) is 3.27. The first kappa shape index (κ1) is 15.8. The lowest BCUT2D eigenvalue weighted by Crippen LogP contribution is -2.28. The smallest absolute Gasteiger partial charge is 0.245 e. The minimum atomic E-state index is -0.272. The van der Waals surface area contributed by atoms with E-state index >= 15 is 0 Å². The molecule has 0 aliphatic carbocycles. The molecule has 0 radical (unpaired) electrons. The van der Waals surface area contributed by atoms with Crippen LogP contribution in [0.1, 0.15) is 30.0 Å². The van der Waals surface area contributed by atoms with Crippen LogP contribution in [0.25, 0.3) is 0 Å². The molecule has 8 heteroatoms. The SMILES string of the molecule is CC(=O)N1N=C(c2ccc(Cl)cc2)Sc2c1nc(C)n2C(C)=O. The van der Waals surface area contributed by atoms with Crippen molar-refractivity contribution < 1.29 is 9.59 Å². The van der Waals surface area contributed by atoms with E-state index in [2.05, 4.69) is 10.1 Å². The van der Waals surface area contributed by atoms with E-state index in [9.17, 15) is 9.59 Å². The lowest BCUT2D eigenvalue weighted by atomic mass is 10.2. The number of rotatable bonds is 1. The van der Waals surface area contributed by atoms with Crippen molar-refractivity contribution in [1.82, 2.24) is 9.55 Å². The second kappa shape index (κ2) is 5.82. The van der Waals surface area contributed by atoms with Crippen molar-refractivity contribution in [2.45, 2.75) is 25.8 Å². The molecule has 0 spiro atoms. The van der Waals surface area contributed by atoms with Crippen LogP contribution in [0.4, 0.5) is 5.82 Å². The molecule has 23 heavy (non-hydrogen) atoms. The van der Waals surface area contributed by atoms with E-state index in [1.807, 2.05) is 12.1 Å². The molecule has 1 aliphatic heterocycles. The number of thioether (sulfide) groups is 1. The van der Waals surface area contributed by atoms with Crippen LogP contribution in [0.2, 0.25) is 5.02 Å². The summed E-state index contributed by atoms with van der Waals surface area (Å²) >= 11 is 7.22. The minimum absolute atomic E-state index is 0.162. The van der Waals surface area contributed by atoms with Gasteiger partial charge in [-0.3, -0.25) is 14.2 Å². The average Bonchev–Trinajstić information content (AvgIpc) is 2.82. The molecule has 1 aromatic carbocycles. The molecule has 0 bridgehead atoms. The van der Waals surface area contributed by atoms with Gasteiger partial charge in [-0.2, -0.15) is 10.1 Å². The monoisotopic (exact) mass is 348 g/mol. The maximum absolute atomic E-state index is 11.9. The first-order valence-electron chi connectivity index (χ1n) is 6.82. The van der Waals surface area contributed by atoms with E-state index < -0.39 is 0 Å². The van der Waals surface area contributed by atoms with Crippen molar-refractivity contribution in [2.24, 2.45) is 5.10 Å². The molecule has 2 aromatic rings. The second-order valence-electron chi connectivity index (χ2n) is 4.99. The fraction of sp³-hybridized carbons (Fsp3) is 0.200. The first-order chi connectivity index (χ1) is 10.9. The van der Waals surface area contributed by atoms with E-state index in [0.717, 1.165) is 5.56 Å². The van der Waals surface area contributed by atoms with Crippen LogP contribution in [0.5, 0.6) is 0 Å². The molecule has 1 aliphatic rings. The van der Waals surface area contributed by atoms with Crippen LogP contribution in [0.3, 0.4) is 0 Å². The number of hydrogen-bond donors (Lipinski definition) is 0. The van der Waals surface area contributed by atoms with E-state index in [1.54, 1.807) is 19.1 Å². The summed E-state index contributed by atoms with van der Waals surface area (Å²) in [7, 11) is 0. The number of nitrogens with zero attached hydrogens (tertiary/aromatic N) is 4. The van der Waals surface area contributed by atoms with Crippen molar-refractivity contribution in [3.63, 3.8) is 0 Å². The Morgan fingerprint density at radius 1 is 1.13 bits per heavy atom. The Labute approximate surface area is 142 Å². The zero-order valence-corrected chi connectivity index (χ0v) is 14.3. The average molecular weight is 349 g/mol. The van der Waals surface area contributed by atoms with Gasteiger partial charge < -0.3 is 0 Å². The van der Waals surface area contributed by atoms with Crippen molar-refractivity contribution >= 4 is 46.0 Å². The Morgan fingerprint density at radius 2 is 1.78 bits per heavy atom. The molecular formula is C15H13ClN4O2S. The highest BCUT2D eigenvalue weighted by molar-refractivity contribution is 8.14. The van der Waals surface area contributed by atoms with Crippen LogP contribution in [0.15, 0.2) is 34.4 Å². The molecular weight excluding hydrogens is 336 g/mol. The summed E-state index contributed by atoms with van der Waals surface area (Å²) in [6.07, 6.45) is 0. The van der Waals surface area contributed by atoms with Crippen molar-refractivity contribution in [2.75, 3.05) is 5.01 Å². The zero-order chi connectivity index (χ0) is 16.7. The number of aryl methyl sites for hydroxylation is 1. The molecule has 1 amide bonds. The number of amides is 1. The van der Waals surface area contributed by atoms with Gasteiger partial charge in [0.05, 0.1) is 0 Å². The fourth-order valence-electron chi connectivity index (χ4n) is 2.28. The number of hydrazone groups is 1. The maximum Gasteiger partial charge on any atom is 0.245 e. The van der Waals surface area contributed by atoms with Crippen molar-refractivity contribution in [3.8, 4) is 0 Å². The van der Waals surface area contributed by atoms with E-state index in [1.165, 1.54) is 35.2 Å². The number of fused-ring (bicyclic) bond motifs is 1. The lowest BCUT2D eigenvalue weighted by Gasteiger charge is -2.21. The molecule has 2 heterocycles. The number of carbonyl (C=O) groups is 2. The van der Waals surface area contributed by atoms with Gasteiger partial charge in [0, 0.05) is 24.4 Å². The number of imidazole rings is 1. The zero-order valence-electron chi connectivity index (χ0n) is 12.7. The molecule has 0 atom stereocenters. The lowest BCUT2D eigenvalue weighted by molar-refractivity contribution is -0.116. The van der Waals surface area contributed by atoms with Crippen molar-refractivity contribution in [3.05, 3.63) is 40.7 Å². The molecule has 0 fully saturated rings. The summed E-state index contributed by atoms with van der Waals surface area (Å²) in [5, 5.41) is 7.40. The summed E-state index contributed by atoms with van der Waals surface area (Å²) in [6, 6.07) is 7.14.